The number of benzene rings is 3. The van der Waals surface area contributed by atoms with Gasteiger partial charge in [0.2, 0.25) is 11.5 Å². The average molecular weight is 1150 g/mol. The van der Waals surface area contributed by atoms with Crippen LogP contribution in [0.1, 0.15) is 193 Å². The second kappa shape index (κ2) is 46.5. The highest BCUT2D eigenvalue weighted by Crippen LogP contribution is 2.42. The van der Waals surface area contributed by atoms with Gasteiger partial charge in [-0.2, -0.15) is 0 Å². The molecular formula is C67H100O15. The van der Waals surface area contributed by atoms with Crippen LogP contribution in [0, 0.1) is 6.92 Å². The van der Waals surface area contributed by atoms with E-state index in [1.165, 1.54) is 0 Å². The van der Waals surface area contributed by atoms with E-state index in [2.05, 4.69) is 19.7 Å². The van der Waals surface area contributed by atoms with Crippen molar-refractivity contribution in [3.63, 3.8) is 0 Å². The third kappa shape index (κ3) is 30.9. The predicted molar refractivity (Wildman–Crippen MR) is 324 cm³/mol. The summed E-state index contributed by atoms with van der Waals surface area (Å²) in [4.78, 5) is 39.8. The number of rotatable bonds is 53. The Morgan fingerprint density at radius 1 is 0.378 bits per heavy atom. The summed E-state index contributed by atoms with van der Waals surface area (Å²) in [6.45, 7) is 17.9. The second-order valence-corrected chi connectivity index (χ2v) is 20.4. The van der Waals surface area contributed by atoms with Crippen LogP contribution in [0.15, 0.2) is 80.4 Å². The van der Waals surface area contributed by atoms with Crippen LogP contribution >= 0.6 is 0 Å². The zero-order valence-electron chi connectivity index (χ0n) is 50.5. The van der Waals surface area contributed by atoms with Crippen molar-refractivity contribution < 1.29 is 71.2 Å². The van der Waals surface area contributed by atoms with Crippen LogP contribution < -0.4 is 37.9 Å². The summed E-state index contributed by atoms with van der Waals surface area (Å²) < 4.78 is 71.4. The van der Waals surface area contributed by atoms with Crippen molar-refractivity contribution in [1.29, 1.82) is 0 Å². The molecule has 0 saturated heterocycles. The molecule has 0 N–H and O–H groups in total. The van der Waals surface area contributed by atoms with Crippen molar-refractivity contribution in [1.82, 2.24) is 0 Å². The predicted octanol–water partition coefficient (Wildman–Crippen LogP) is 15.9. The van der Waals surface area contributed by atoms with Crippen LogP contribution in [0.4, 0.5) is 0 Å². The van der Waals surface area contributed by atoms with E-state index in [0.717, 1.165) is 180 Å². The van der Waals surface area contributed by atoms with Crippen molar-refractivity contribution in [3.8, 4) is 46.0 Å². The first-order valence-electron chi connectivity index (χ1n) is 30.3. The van der Waals surface area contributed by atoms with E-state index in [1.54, 1.807) is 70.7 Å². The first-order chi connectivity index (χ1) is 40.2. The van der Waals surface area contributed by atoms with Crippen molar-refractivity contribution in [3.05, 3.63) is 97.1 Å². The van der Waals surface area contributed by atoms with Gasteiger partial charge in [0.05, 0.1) is 57.4 Å². The maximum Gasteiger partial charge on any atom is 0.343 e. The Hall–Kier alpha value is -6.03. The molecule has 0 radical (unpaired) electrons. The molecule has 82 heavy (non-hydrogen) atoms. The number of allylic oxidation sites excluding steroid dienone is 2. The molecule has 3 aromatic carbocycles. The molecule has 0 atom stereocenters. The fourth-order valence-corrected chi connectivity index (χ4v) is 8.69. The third-order valence-electron chi connectivity index (χ3n) is 13.4. The highest BCUT2D eigenvalue weighted by atomic mass is 16.6. The minimum atomic E-state index is -0.629. The molecule has 3 aromatic rings. The maximum atomic E-state index is 14.2. The summed E-state index contributed by atoms with van der Waals surface area (Å²) in [5.74, 6) is 1.37. The molecule has 15 nitrogen and oxygen atoms in total. The molecule has 0 spiro atoms. The van der Waals surface area contributed by atoms with Gasteiger partial charge in [-0.1, -0.05) is 63.7 Å². The molecule has 0 aromatic heterocycles. The lowest BCUT2D eigenvalue weighted by molar-refractivity contribution is -0.137. The zero-order chi connectivity index (χ0) is 59.1. The third-order valence-corrected chi connectivity index (χ3v) is 13.4. The van der Waals surface area contributed by atoms with Gasteiger partial charge in [0.15, 0.2) is 23.0 Å². The van der Waals surface area contributed by atoms with Gasteiger partial charge in [-0.15, -0.1) is 13.2 Å². The summed E-state index contributed by atoms with van der Waals surface area (Å²) in [5.41, 5.74) is 1.02. The lowest BCUT2D eigenvalue weighted by Crippen LogP contribution is -2.13. The van der Waals surface area contributed by atoms with E-state index in [1.807, 2.05) is 12.2 Å². The SMILES string of the molecule is C=CCCCCCCOc1cc(C(=O)Oc2ccc(OC(=O)c3cc(OCCCCCCC=C)c(OCCCCCCOC(=O)C=C)c(OCCCCCCOC)c3)c(C)c2)cc(OCCCCCCOC)c1OCCCCCCOC. The second-order valence-electron chi connectivity index (χ2n) is 20.4. The van der Waals surface area contributed by atoms with Crippen molar-refractivity contribution in [2.24, 2.45) is 0 Å². The number of unbranched alkanes of at least 4 members (excludes halogenated alkanes) is 20. The molecule has 0 heterocycles. The number of ether oxygens (including phenoxy) is 12. The average Bonchev–Trinajstić information content (AvgIpc) is 3.61. The number of hydrogen-bond acceptors (Lipinski definition) is 15. The van der Waals surface area contributed by atoms with Crippen LogP contribution in [0.2, 0.25) is 0 Å². The minimum Gasteiger partial charge on any atom is -0.490 e. The fraction of sp³-hybridized carbons (Fsp3) is 0.597. The molecule has 0 aliphatic carbocycles. The molecule has 0 amide bonds. The van der Waals surface area contributed by atoms with E-state index >= 15 is 0 Å². The fourth-order valence-electron chi connectivity index (χ4n) is 8.69. The number of methoxy groups -OCH3 is 3. The van der Waals surface area contributed by atoms with Crippen LogP contribution in [0.3, 0.4) is 0 Å². The quantitative estimate of drug-likeness (QED) is 0.0172. The zero-order valence-corrected chi connectivity index (χ0v) is 50.5. The van der Waals surface area contributed by atoms with Gasteiger partial charge in [0, 0.05) is 47.2 Å². The molecule has 3 rings (SSSR count). The molecule has 0 unspecified atom stereocenters. The van der Waals surface area contributed by atoms with E-state index in [0.29, 0.717) is 99.5 Å². The van der Waals surface area contributed by atoms with Crippen molar-refractivity contribution >= 4 is 17.9 Å². The standard InChI is InChI=1S/C67H100O15/c1-8-11-13-15-17-30-42-74-59-50-55(51-60(76-44-32-22-19-27-39-71-5)64(59)79-47-35-24-21-29-41-73-7)66(69)81-57-37-38-58(54(4)49-57)82-67(70)56-52-61(75-43-31-18-16-14-12-9-2)65(62(53-56)77-45-33-23-20-28-40-72-6)80-48-36-26-25-34-46-78-63(68)10-3/h8-10,37-38,49-53H,1-3,11-36,39-48H2,4-7H3. The molecular weight excluding hydrogens is 1040 g/mol. The smallest absolute Gasteiger partial charge is 0.343 e. The van der Waals surface area contributed by atoms with Gasteiger partial charge in [0.25, 0.3) is 0 Å². The Morgan fingerprint density at radius 2 is 0.707 bits per heavy atom. The molecule has 458 valence electrons. The normalized spacial score (nSPS) is 10.9. The Labute approximate surface area is 491 Å². The summed E-state index contributed by atoms with van der Waals surface area (Å²) in [7, 11) is 5.13. The number of esters is 3. The molecule has 0 aliphatic rings. The van der Waals surface area contributed by atoms with E-state index in [4.69, 9.17) is 56.8 Å². The minimum absolute atomic E-state index is 0.219. The highest BCUT2D eigenvalue weighted by Gasteiger charge is 2.23. The summed E-state index contributed by atoms with van der Waals surface area (Å²) in [6, 6.07) is 11.5. The van der Waals surface area contributed by atoms with E-state index in [9.17, 15) is 14.4 Å². The number of aryl methyl sites for hydroxylation is 1. The lowest BCUT2D eigenvalue weighted by atomic mass is 10.1. The Bertz CT molecular complexity index is 2240. The summed E-state index contributed by atoms with van der Waals surface area (Å²) in [6.07, 6.45) is 29.3. The number of hydrogen-bond donors (Lipinski definition) is 0. The summed E-state index contributed by atoms with van der Waals surface area (Å²) in [5, 5.41) is 0. The molecule has 15 heteroatoms. The molecule has 0 saturated carbocycles. The topological polar surface area (TPSA) is 162 Å². The Kier molecular flexibility index (Phi) is 39.8. The van der Waals surface area contributed by atoms with Gasteiger partial charge in [0.1, 0.15) is 11.5 Å². The van der Waals surface area contributed by atoms with Gasteiger partial charge in [-0.3, -0.25) is 0 Å². The number of carbonyl (C=O) groups is 3. The first kappa shape index (κ1) is 70.2. The van der Waals surface area contributed by atoms with Crippen molar-refractivity contribution in [2.45, 2.75) is 174 Å². The highest BCUT2D eigenvalue weighted by molar-refractivity contribution is 5.94. The van der Waals surface area contributed by atoms with Crippen LogP contribution in [0.25, 0.3) is 0 Å². The van der Waals surface area contributed by atoms with Gasteiger partial charge in [-0.25, -0.2) is 14.4 Å². The largest absolute Gasteiger partial charge is 0.490 e. The first-order valence-corrected chi connectivity index (χ1v) is 30.3. The van der Waals surface area contributed by atoms with Crippen LogP contribution in [-0.4, -0.2) is 105 Å². The van der Waals surface area contributed by atoms with Gasteiger partial charge < -0.3 is 56.8 Å². The van der Waals surface area contributed by atoms with E-state index in [-0.39, 0.29) is 22.6 Å². The molecule has 0 aliphatic heterocycles. The van der Waals surface area contributed by atoms with Crippen molar-refractivity contribution in [2.75, 3.05) is 87.4 Å². The van der Waals surface area contributed by atoms with Crippen LogP contribution in [-0.2, 0) is 23.7 Å². The van der Waals surface area contributed by atoms with E-state index < -0.39 is 17.9 Å². The molecule has 0 bridgehead atoms. The van der Waals surface area contributed by atoms with Gasteiger partial charge >= 0.3 is 17.9 Å². The molecule has 0 fully saturated rings. The van der Waals surface area contributed by atoms with Crippen LogP contribution in [0.5, 0.6) is 46.0 Å². The summed E-state index contributed by atoms with van der Waals surface area (Å²) >= 11 is 0. The maximum absolute atomic E-state index is 14.2. The van der Waals surface area contributed by atoms with Gasteiger partial charge in [-0.05, 0) is 177 Å². The number of carbonyl (C=O) groups excluding carboxylic acids is 3. The Morgan fingerprint density at radius 3 is 1.05 bits per heavy atom. The Balaban J connectivity index is 1.90. The lowest BCUT2D eigenvalue weighted by Gasteiger charge is -2.19. The monoisotopic (exact) mass is 1140 g/mol.